The van der Waals surface area contributed by atoms with Crippen molar-refractivity contribution in [2.45, 2.75) is 105 Å². The third-order valence-corrected chi connectivity index (χ3v) is 9.67. The first kappa shape index (κ1) is 39.6. The molecular weight excluding hydrogens is 672 g/mol. The molecule has 0 nitrogen and oxygen atoms in total. The van der Waals surface area contributed by atoms with E-state index in [0.717, 1.165) is 9.52 Å². The molecule has 0 spiro atoms. The Balaban J connectivity index is 0.000000236. The monoisotopic (exact) mass is 726 g/mol. The van der Waals surface area contributed by atoms with Crippen LogP contribution in [0.4, 0.5) is 0 Å². The number of hydrogen-bond donors (Lipinski definition) is 0. The van der Waals surface area contributed by atoms with Crippen molar-refractivity contribution < 1.29 is 26.2 Å². The van der Waals surface area contributed by atoms with Gasteiger partial charge in [-0.15, -0.1) is 69.1 Å². The predicted molar refractivity (Wildman–Crippen MR) is 213 cm³/mol. The van der Waals surface area contributed by atoms with Crippen LogP contribution in [0.3, 0.4) is 0 Å². The third kappa shape index (κ3) is 9.25. The Bertz CT molecular complexity index is 1710. The Morgan fingerprint density at radius 2 is 0.833 bits per heavy atom. The molecule has 0 aliphatic carbocycles. The van der Waals surface area contributed by atoms with Gasteiger partial charge in [0.25, 0.3) is 0 Å². The Labute approximate surface area is 314 Å². The molecule has 0 fully saturated rings. The van der Waals surface area contributed by atoms with E-state index in [4.69, 9.17) is 0 Å². The van der Waals surface area contributed by atoms with Crippen LogP contribution >= 0.6 is 0 Å². The first-order chi connectivity index (χ1) is 22.6. The van der Waals surface area contributed by atoms with Crippen molar-refractivity contribution in [2.24, 2.45) is 0 Å². The van der Waals surface area contributed by atoms with E-state index < -0.39 is 0 Å². The van der Waals surface area contributed by atoms with Crippen molar-refractivity contribution in [2.75, 3.05) is 0 Å². The Morgan fingerprint density at radius 1 is 0.500 bits per heavy atom. The van der Waals surface area contributed by atoms with Gasteiger partial charge in [0.1, 0.15) is 0 Å². The van der Waals surface area contributed by atoms with E-state index >= 15 is 0 Å². The first-order valence-electron chi connectivity index (χ1n) is 17.8. The average molecular weight is 728 g/mol. The summed E-state index contributed by atoms with van der Waals surface area (Å²) in [6.07, 6.45) is 2.34. The van der Waals surface area contributed by atoms with Gasteiger partial charge < -0.3 is 0 Å². The maximum Gasteiger partial charge on any atom is 2.00 e. The van der Waals surface area contributed by atoms with Crippen LogP contribution in [0.25, 0.3) is 43.8 Å². The summed E-state index contributed by atoms with van der Waals surface area (Å²) >= 11 is 0. The molecule has 6 rings (SSSR count). The Hall–Kier alpha value is -2.80. The summed E-state index contributed by atoms with van der Waals surface area (Å²) in [6.45, 7) is 22.5. The minimum absolute atomic E-state index is 0. The van der Waals surface area contributed by atoms with Crippen LogP contribution in [-0.2, 0) is 26.2 Å². The SMILES string of the molecule is CCC(C)c1ccccc1-c1cccc2[cH-]c(C(C)C)cc12.CCC(C)c1ccccc1-c1cccc2[cH-]c(C(C)C)cc12.C[Si]C.[Zr+2]. The fraction of sp³-hybridized carbons (Fsp3) is 0.348. The molecule has 2 radical (unpaired) electrons. The molecule has 0 amide bonds. The Kier molecular flexibility index (Phi) is 15.5. The molecule has 0 bridgehead atoms. The third-order valence-electron chi connectivity index (χ3n) is 9.67. The van der Waals surface area contributed by atoms with E-state index in [1.54, 1.807) is 0 Å². The summed E-state index contributed by atoms with van der Waals surface area (Å²) in [4.78, 5) is 0. The van der Waals surface area contributed by atoms with E-state index in [1.165, 1.54) is 78.9 Å². The van der Waals surface area contributed by atoms with E-state index in [-0.39, 0.29) is 26.2 Å². The average Bonchev–Trinajstić information content (AvgIpc) is 3.74. The fourth-order valence-corrected chi connectivity index (χ4v) is 6.44. The molecule has 2 unspecified atom stereocenters. The van der Waals surface area contributed by atoms with Gasteiger partial charge in [0, 0.05) is 9.52 Å². The molecule has 2 heteroatoms. The van der Waals surface area contributed by atoms with Crippen LogP contribution in [0.1, 0.15) is 114 Å². The topological polar surface area (TPSA) is 0 Å². The van der Waals surface area contributed by atoms with Gasteiger partial charge in [0.05, 0.1) is 0 Å². The van der Waals surface area contributed by atoms with Crippen LogP contribution < -0.4 is 0 Å². The van der Waals surface area contributed by atoms with Crippen LogP contribution in [0.15, 0.2) is 109 Å². The predicted octanol–water partition coefficient (Wildman–Crippen LogP) is 14.5. The maximum absolute atomic E-state index is 2.38. The number of rotatable bonds is 8. The van der Waals surface area contributed by atoms with Crippen LogP contribution in [0.2, 0.25) is 13.1 Å². The zero-order valence-corrected chi connectivity index (χ0v) is 34.6. The van der Waals surface area contributed by atoms with Gasteiger partial charge in [-0.05, 0) is 58.8 Å². The van der Waals surface area contributed by atoms with Gasteiger partial charge in [-0.3, -0.25) is 0 Å². The second kappa shape index (κ2) is 18.8. The summed E-state index contributed by atoms with van der Waals surface area (Å²) in [5.74, 6) is 2.33. The molecule has 48 heavy (non-hydrogen) atoms. The number of fused-ring (bicyclic) bond motifs is 2. The van der Waals surface area contributed by atoms with Crippen LogP contribution in [0, 0.1) is 0 Å². The van der Waals surface area contributed by atoms with Gasteiger partial charge in [-0.1, -0.05) is 140 Å². The van der Waals surface area contributed by atoms with Gasteiger partial charge >= 0.3 is 26.2 Å². The number of benzene rings is 4. The van der Waals surface area contributed by atoms with Crippen molar-refractivity contribution in [1.29, 1.82) is 0 Å². The van der Waals surface area contributed by atoms with E-state index in [9.17, 15) is 0 Å². The summed E-state index contributed by atoms with van der Waals surface area (Å²) in [5, 5.41) is 5.50. The molecule has 2 atom stereocenters. The normalized spacial score (nSPS) is 12.2. The van der Waals surface area contributed by atoms with E-state index in [2.05, 4.69) is 178 Å². The fourth-order valence-electron chi connectivity index (χ4n) is 6.44. The van der Waals surface area contributed by atoms with Gasteiger partial charge in [-0.2, -0.15) is 12.1 Å². The van der Waals surface area contributed by atoms with Gasteiger partial charge in [0.15, 0.2) is 0 Å². The molecule has 0 N–H and O–H groups in total. The van der Waals surface area contributed by atoms with Gasteiger partial charge in [-0.25, -0.2) is 0 Å². The van der Waals surface area contributed by atoms with Crippen LogP contribution in [0.5, 0.6) is 0 Å². The van der Waals surface area contributed by atoms with Gasteiger partial charge in [0.2, 0.25) is 0 Å². The van der Waals surface area contributed by atoms with Crippen molar-refractivity contribution in [3.63, 3.8) is 0 Å². The Morgan fingerprint density at radius 3 is 1.17 bits per heavy atom. The minimum Gasteiger partial charge on any atom is -0.164 e. The van der Waals surface area contributed by atoms with Crippen molar-refractivity contribution in [1.82, 2.24) is 0 Å². The molecule has 0 saturated heterocycles. The molecule has 0 aromatic heterocycles. The van der Waals surface area contributed by atoms with Crippen molar-refractivity contribution in [3.05, 3.63) is 131 Å². The minimum atomic E-state index is 0. The molecule has 0 saturated carbocycles. The second-order valence-corrected chi connectivity index (χ2v) is 14.8. The van der Waals surface area contributed by atoms with Crippen molar-refractivity contribution >= 4 is 31.1 Å². The molecular formula is C46H56SiZr. The van der Waals surface area contributed by atoms with E-state index in [1.807, 2.05) is 0 Å². The van der Waals surface area contributed by atoms with Crippen molar-refractivity contribution in [3.8, 4) is 22.3 Å². The van der Waals surface area contributed by atoms with Crippen LogP contribution in [-0.4, -0.2) is 9.52 Å². The molecule has 0 aliphatic rings. The molecule has 0 heterocycles. The second-order valence-electron chi connectivity index (χ2n) is 13.8. The summed E-state index contributed by atoms with van der Waals surface area (Å²) in [7, 11) is 1.08. The largest absolute Gasteiger partial charge is 2.00 e. The zero-order chi connectivity index (χ0) is 34.1. The maximum atomic E-state index is 2.38. The molecule has 6 aromatic carbocycles. The first-order valence-corrected chi connectivity index (χ1v) is 19.8. The molecule has 248 valence electrons. The molecule has 6 aromatic rings. The zero-order valence-electron chi connectivity index (χ0n) is 31.1. The standard InChI is InChI=1S/2C22H25.C2H6Si.Zr/c2*1-5-16(4)19-10-6-7-11-20(19)21-12-8-9-17-13-18(15(2)3)14-22(17)21;1-3-2;/h2*6-16H,5H2,1-4H3;1-2H3;/q2*-1;;+2. The van der Waals surface area contributed by atoms with E-state index in [0.29, 0.717) is 23.7 Å². The smallest absolute Gasteiger partial charge is 0.164 e. The number of hydrogen-bond acceptors (Lipinski definition) is 0. The summed E-state index contributed by atoms with van der Waals surface area (Å²) in [6, 6.07) is 40.6. The quantitative estimate of drug-likeness (QED) is 0.108. The molecule has 0 aliphatic heterocycles. The summed E-state index contributed by atoms with van der Waals surface area (Å²) in [5.41, 5.74) is 11.3. The summed E-state index contributed by atoms with van der Waals surface area (Å²) < 4.78 is 0.